The first-order valence-electron chi connectivity index (χ1n) is 9.58. The van der Waals surface area contributed by atoms with E-state index in [2.05, 4.69) is 110 Å². The van der Waals surface area contributed by atoms with Crippen LogP contribution in [0.1, 0.15) is 22.3 Å². The van der Waals surface area contributed by atoms with Crippen LogP contribution in [0.3, 0.4) is 0 Å². The minimum Gasteiger partial charge on any atom is -0.369 e. The number of nitrogens with one attached hydrogen (secondary N) is 1. The van der Waals surface area contributed by atoms with Crippen LogP contribution in [0.25, 0.3) is 45.8 Å². The van der Waals surface area contributed by atoms with Crippen LogP contribution < -0.4 is 11.1 Å². The van der Waals surface area contributed by atoms with Gasteiger partial charge in [0.15, 0.2) is 5.96 Å². The summed E-state index contributed by atoms with van der Waals surface area (Å²) in [5.74, 6) is 0.342. The quantitative estimate of drug-likeness (QED) is 0.184. The Morgan fingerprint density at radius 2 is 1.30 bits per heavy atom. The van der Waals surface area contributed by atoms with E-state index in [9.17, 15) is 0 Å². The Morgan fingerprint density at radius 3 is 2.00 bits per heavy atom. The van der Waals surface area contributed by atoms with E-state index in [1.165, 1.54) is 33.0 Å². The molecule has 5 heteroatoms. The van der Waals surface area contributed by atoms with Gasteiger partial charge in [-0.15, -0.1) is 0 Å². The molecule has 0 aliphatic heterocycles. The monoisotopic (exact) mass is 515 g/mol. The number of hydrogen-bond acceptors (Lipinski definition) is 1. The lowest BCUT2D eigenvalue weighted by atomic mass is 10.0. The van der Waals surface area contributed by atoms with Gasteiger partial charge in [-0.3, -0.25) is 0 Å². The van der Waals surface area contributed by atoms with Crippen molar-refractivity contribution in [1.29, 1.82) is 0 Å². The summed E-state index contributed by atoms with van der Waals surface area (Å²) >= 11 is 7.39. The third-order valence-electron chi connectivity index (χ3n) is 5.69. The number of guanidine groups is 1. The SMILES string of the molecule is NC(=Nc1c(Br)cc2c3c(cccc13)C=C2)Nc1c(Br)cc2c3c(cccc13)C=C2. The fourth-order valence-corrected chi connectivity index (χ4v) is 5.53. The molecule has 0 heterocycles. The van der Waals surface area contributed by atoms with Crippen molar-refractivity contribution in [2.75, 3.05) is 5.32 Å². The molecule has 0 fully saturated rings. The largest absolute Gasteiger partial charge is 0.369 e. The van der Waals surface area contributed by atoms with Crippen molar-refractivity contribution in [3.63, 3.8) is 0 Å². The van der Waals surface area contributed by atoms with Gasteiger partial charge in [-0.1, -0.05) is 60.7 Å². The van der Waals surface area contributed by atoms with Crippen LogP contribution >= 0.6 is 31.9 Å². The summed E-state index contributed by atoms with van der Waals surface area (Å²) < 4.78 is 1.87. The Labute approximate surface area is 190 Å². The van der Waals surface area contributed by atoms with Crippen LogP contribution in [0.15, 0.2) is 62.5 Å². The molecular weight excluding hydrogens is 502 g/mol. The normalized spacial score (nSPS) is 13.7. The lowest BCUT2D eigenvalue weighted by Gasteiger charge is -2.14. The number of hydrogen-bond donors (Lipinski definition) is 2. The topological polar surface area (TPSA) is 50.4 Å². The highest BCUT2D eigenvalue weighted by Gasteiger charge is 2.17. The second-order valence-electron chi connectivity index (χ2n) is 7.45. The standard InChI is InChI=1S/C25H15Br2N3/c26-19-11-15-9-7-13-3-1-5-17(21(13)15)23(19)29-25(28)30-24-18-6-2-4-14-8-10-16(22(14)18)12-20(24)27/h1-12H,(H3,28,29,30). The molecule has 0 saturated heterocycles. The summed E-state index contributed by atoms with van der Waals surface area (Å²) in [6.45, 7) is 0. The second kappa shape index (κ2) is 6.56. The van der Waals surface area contributed by atoms with Gasteiger partial charge in [0.25, 0.3) is 0 Å². The van der Waals surface area contributed by atoms with Gasteiger partial charge in [0.1, 0.15) is 0 Å². The number of nitrogens with zero attached hydrogens (tertiary/aromatic N) is 1. The summed E-state index contributed by atoms with van der Waals surface area (Å²) in [5, 5.41) is 7.97. The molecule has 2 aliphatic carbocycles. The van der Waals surface area contributed by atoms with E-state index in [0.717, 1.165) is 31.1 Å². The van der Waals surface area contributed by atoms with Crippen molar-refractivity contribution in [2.24, 2.45) is 10.7 Å². The average Bonchev–Trinajstić information content (AvgIpc) is 3.34. The van der Waals surface area contributed by atoms with Gasteiger partial charge in [-0.2, -0.15) is 0 Å². The summed E-state index contributed by atoms with van der Waals surface area (Å²) in [6, 6.07) is 16.8. The maximum atomic E-state index is 6.41. The Morgan fingerprint density at radius 1 is 0.733 bits per heavy atom. The number of halogens is 2. The fourth-order valence-electron chi connectivity index (χ4n) is 4.42. The smallest absolute Gasteiger partial charge is 0.198 e. The maximum Gasteiger partial charge on any atom is 0.198 e. The summed E-state index contributed by atoms with van der Waals surface area (Å²) in [6.07, 6.45) is 8.55. The minimum absolute atomic E-state index is 0.342. The fraction of sp³-hybridized carbons (Fsp3) is 0. The third-order valence-corrected chi connectivity index (χ3v) is 6.92. The first-order valence-corrected chi connectivity index (χ1v) is 11.2. The molecule has 3 nitrogen and oxygen atoms in total. The second-order valence-corrected chi connectivity index (χ2v) is 9.16. The van der Waals surface area contributed by atoms with Gasteiger partial charge in [0, 0.05) is 19.7 Å². The number of rotatable bonds is 2. The highest BCUT2D eigenvalue weighted by Crippen LogP contribution is 2.42. The minimum atomic E-state index is 0.342. The van der Waals surface area contributed by atoms with E-state index in [-0.39, 0.29) is 0 Å². The molecule has 0 amide bonds. The van der Waals surface area contributed by atoms with Crippen LogP contribution in [0.2, 0.25) is 0 Å². The first kappa shape index (κ1) is 17.9. The number of aliphatic imine (C=N–C) groups is 1. The molecule has 4 aromatic rings. The van der Waals surface area contributed by atoms with Crippen LogP contribution in [0.5, 0.6) is 0 Å². The number of anilines is 1. The average molecular weight is 517 g/mol. The van der Waals surface area contributed by atoms with Crippen LogP contribution in [0, 0.1) is 0 Å². The van der Waals surface area contributed by atoms with Gasteiger partial charge in [0.05, 0.1) is 11.4 Å². The van der Waals surface area contributed by atoms with E-state index in [1.54, 1.807) is 0 Å². The van der Waals surface area contributed by atoms with Crippen molar-refractivity contribution >= 4 is 95.0 Å². The third kappa shape index (κ3) is 2.59. The predicted octanol–water partition coefficient (Wildman–Crippen LogP) is 7.54. The molecule has 30 heavy (non-hydrogen) atoms. The predicted molar refractivity (Wildman–Crippen MR) is 136 cm³/mol. The Hall–Kier alpha value is -2.89. The molecular formula is C25H15Br2N3. The Balaban J connectivity index is 1.48. The van der Waals surface area contributed by atoms with Gasteiger partial charge in [0.2, 0.25) is 0 Å². The highest BCUT2D eigenvalue weighted by atomic mass is 79.9. The molecule has 6 rings (SSSR count). The molecule has 0 saturated carbocycles. The summed E-state index contributed by atoms with van der Waals surface area (Å²) in [5.41, 5.74) is 13.0. The van der Waals surface area contributed by atoms with Gasteiger partial charge >= 0.3 is 0 Å². The highest BCUT2D eigenvalue weighted by molar-refractivity contribution is 9.11. The van der Waals surface area contributed by atoms with Gasteiger partial charge in [-0.05, 0) is 77.0 Å². The summed E-state index contributed by atoms with van der Waals surface area (Å²) in [4.78, 5) is 4.77. The Bertz CT molecular complexity index is 1500. The van der Waals surface area contributed by atoms with Gasteiger partial charge < -0.3 is 11.1 Å². The van der Waals surface area contributed by atoms with Crippen molar-refractivity contribution in [2.45, 2.75) is 0 Å². The van der Waals surface area contributed by atoms with Crippen LogP contribution in [-0.4, -0.2) is 5.96 Å². The lowest BCUT2D eigenvalue weighted by Crippen LogP contribution is -2.22. The van der Waals surface area contributed by atoms with Crippen LogP contribution in [-0.2, 0) is 0 Å². The van der Waals surface area contributed by atoms with E-state index < -0.39 is 0 Å². The molecule has 0 atom stereocenters. The number of nitrogens with two attached hydrogens (primary N) is 1. The molecule has 4 aromatic carbocycles. The van der Waals surface area contributed by atoms with Crippen molar-refractivity contribution < 1.29 is 0 Å². The van der Waals surface area contributed by atoms with Crippen molar-refractivity contribution in [1.82, 2.24) is 0 Å². The van der Waals surface area contributed by atoms with Crippen molar-refractivity contribution in [3.8, 4) is 0 Å². The van der Waals surface area contributed by atoms with Crippen molar-refractivity contribution in [3.05, 3.63) is 79.7 Å². The molecule has 0 bridgehead atoms. The number of benzene rings is 4. The molecule has 0 spiro atoms. The molecule has 0 radical (unpaired) electrons. The molecule has 0 aromatic heterocycles. The van der Waals surface area contributed by atoms with E-state index in [1.807, 2.05) is 0 Å². The van der Waals surface area contributed by atoms with E-state index in [0.29, 0.717) is 5.96 Å². The Kier molecular flexibility index (Phi) is 3.92. The van der Waals surface area contributed by atoms with E-state index >= 15 is 0 Å². The first-order chi connectivity index (χ1) is 14.6. The zero-order chi connectivity index (χ0) is 20.4. The lowest BCUT2D eigenvalue weighted by molar-refractivity contribution is 1.44. The molecule has 3 N–H and O–H groups in total. The maximum absolute atomic E-state index is 6.41. The van der Waals surface area contributed by atoms with E-state index in [4.69, 9.17) is 10.7 Å². The van der Waals surface area contributed by atoms with Crippen LogP contribution in [0.4, 0.5) is 11.4 Å². The molecule has 144 valence electrons. The zero-order valence-corrected chi connectivity index (χ0v) is 18.9. The molecule has 2 aliphatic rings. The summed E-state index contributed by atoms with van der Waals surface area (Å²) in [7, 11) is 0. The van der Waals surface area contributed by atoms with Gasteiger partial charge in [-0.25, -0.2) is 4.99 Å². The molecule has 0 unspecified atom stereocenters. The zero-order valence-electron chi connectivity index (χ0n) is 15.7.